The number of hydrogen-bond donors (Lipinski definition) is 4. The molecule has 164 valence electrons. The summed E-state index contributed by atoms with van der Waals surface area (Å²) in [5.74, 6) is 0.938. The Morgan fingerprint density at radius 3 is 2.56 bits per heavy atom. The lowest BCUT2D eigenvalue weighted by Crippen LogP contribution is -2.28. The Kier molecular flexibility index (Phi) is 5.72. The fourth-order valence-corrected chi connectivity index (χ4v) is 3.70. The molecule has 0 unspecified atom stereocenters. The van der Waals surface area contributed by atoms with Crippen molar-refractivity contribution < 1.29 is 0 Å². The van der Waals surface area contributed by atoms with E-state index in [1.54, 1.807) is 30.3 Å². The third-order valence-corrected chi connectivity index (χ3v) is 5.51. The number of aromatic nitrogens is 5. The number of nitrogens with two attached hydrogens (primary N) is 3. The summed E-state index contributed by atoms with van der Waals surface area (Å²) in [6.45, 7) is 1.92. The van der Waals surface area contributed by atoms with Gasteiger partial charge >= 0.3 is 0 Å². The summed E-state index contributed by atoms with van der Waals surface area (Å²) < 4.78 is 1.43. The summed E-state index contributed by atoms with van der Waals surface area (Å²) >= 11 is 12.6. The van der Waals surface area contributed by atoms with Gasteiger partial charge in [-0.25, -0.2) is 9.97 Å². The number of anilines is 4. The topological polar surface area (TPSA) is 164 Å². The number of nitrogens with zero attached hydrogens (tertiary/aromatic N) is 5. The molecule has 0 aliphatic rings. The zero-order valence-electron chi connectivity index (χ0n) is 16.9. The van der Waals surface area contributed by atoms with Crippen molar-refractivity contribution in [2.75, 3.05) is 22.5 Å². The lowest BCUT2D eigenvalue weighted by atomic mass is 10.1. The number of nitrogen functional groups attached to an aromatic ring is 3. The Morgan fingerprint density at radius 2 is 1.88 bits per heavy atom. The fraction of sp³-hybridized carbons (Fsp3) is 0.150. The zero-order valence-corrected chi connectivity index (χ0v) is 18.4. The highest BCUT2D eigenvalue weighted by molar-refractivity contribution is 6.35. The highest BCUT2D eigenvalue weighted by Crippen LogP contribution is 2.31. The standard InChI is InChI=1S/C20H19Cl2N9O/c1-2-11(27-17-15(22)16(24)29-20(25)30-17)18-28-12-5-3-4-10(21)14(12)19(32)31(18)9-6-7-13(23)26-8-9/h3-8,11H,2H2,1H3,(H2,23,26)(H5,24,25,27,29,30)/t11-/m0/s1. The minimum absolute atomic E-state index is 0.0369. The molecule has 0 fully saturated rings. The smallest absolute Gasteiger partial charge is 0.267 e. The van der Waals surface area contributed by atoms with E-state index in [1.165, 1.54) is 10.8 Å². The van der Waals surface area contributed by atoms with Crippen LogP contribution in [-0.2, 0) is 0 Å². The Hall–Kier alpha value is -3.63. The molecule has 32 heavy (non-hydrogen) atoms. The van der Waals surface area contributed by atoms with Crippen molar-refractivity contribution in [1.29, 1.82) is 0 Å². The van der Waals surface area contributed by atoms with Crippen LogP contribution >= 0.6 is 23.2 Å². The van der Waals surface area contributed by atoms with Crippen LogP contribution in [0.5, 0.6) is 0 Å². The molecule has 0 saturated heterocycles. The second-order valence-electron chi connectivity index (χ2n) is 6.92. The summed E-state index contributed by atoms with van der Waals surface area (Å²) in [5, 5.41) is 3.88. The van der Waals surface area contributed by atoms with Gasteiger partial charge in [0.05, 0.1) is 33.9 Å². The minimum Gasteiger partial charge on any atom is -0.384 e. The molecule has 0 spiro atoms. The minimum atomic E-state index is -0.505. The van der Waals surface area contributed by atoms with Gasteiger partial charge in [0.15, 0.2) is 5.82 Å². The highest BCUT2D eigenvalue weighted by atomic mass is 35.5. The van der Waals surface area contributed by atoms with Gasteiger partial charge in [0.2, 0.25) is 5.95 Å². The van der Waals surface area contributed by atoms with Crippen LogP contribution in [0.2, 0.25) is 10.0 Å². The molecule has 0 radical (unpaired) electrons. The van der Waals surface area contributed by atoms with Crippen LogP contribution in [0.1, 0.15) is 25.2 Å². The van der Waals surface area contributed by atoms with Gasteiger partial charge in [0.25, 0.3) is 5.56 Å². The Morgan fingerprint density at radius 1 is 1.09 bits per heavy atom. The maximum Gasteiger partial charge on any atom is 0.267 e. The first-order valence-corrected chi connectivity index (χ1v) is 10.3. The van der Waals surface area contributed by atoms with Crippen molar-refractivity contribution in [2.45, 2.75) is 19.4 Å². The van der Waals surface area contributed by atoms with E-state index in [0.717, 1.165) is 0 Å². The van der Waals surface area contributed by atoms with Crippen LogP contribution in [0, 0.1) is 0 Å². The molecule has 1 aromatic carbocycles. The number of benzene rings is 1. The molecule has 12 heteroatoms. The molecule has 0 bridgehead atoms. The molecule has 0 saturated carbocycles. The molecule has 4 aromatic rings. The second kappa shape index (κ2) is 8.48. The van der Waals surface area contributed by atoms with Crippen LogP contribution in [0.25, 0.3) is 16.6 Å². The highest BCUT2D eigenvalue weighted by Gasteiger charge is 2.23. The van der Waals surface area contributed by atoms with E-state index in [-0.39, 0.29) is 33.6 Å². The first-order valence-electron chi connectivity index (χ1n) is 9.58. The molecule has 10 nitrogen and oxygen atoms in total. The first kappa shape index (κ1) is 21.6. The number of nitrogens with one attached hydrogen (secondary N) is 1. The van der Waals surface area contributed by atoms with E-state index >= 15 is 0 Å². The van der Waals surface area contributed by atoms with E-state index in [1.807, 2.05) is 6.92 Å². The lowest BCUT2D eigenvalue weighted by Gasteiger charge is -2.23. The van der Waals surface area contributed by atoms with Gasteiger partial charge < -0.3 is 22.5 Å². The summed E-state index contributed by atoms with van der Waals surface area (Å²) in [5.41, 5.74) is 17.8. The summed E-state index contributed by atoms with van der Waals surface area (Å²) in [6, 6.07) is 7.86. The van der Waals surface area contributed by atoms with Crippen LogP contribution in [-0.4, -0.2) is 24.5 Å². The van der Waals surface area contributed by atoms with E-state index in [9.17, 15) is 4.79 Å². The number of halogens is 2. The number of hydrogen-bond acceptors (Lipinski definition) is 9. The maximum absolute atomic E-state index is 13.6. The molecule has 1 atom stereocenters. The van der Waals surface area contributed by atoms with Gasteiger partial charge in [-0.05, 0) is 30.7 Å². The summed E-state index contributed by atoms with van der Waals surface area (Å²) in [4.78, 5) is 30.4. The number of rotatable bonds is 5. The molecule has 0 aliphatic carbocycles. The fourth-order valence-electron chi connectivity index (χ4n) is 3.31. The zero-order chi connectivity index (χ0) is 23.0. The monoisotopic (exact) mass is 471 g/mol. The molecule has 0 aliphatic heterocycles. The van der Waals surface area contributed by atoms with Crippen molar-refractivity contribution in [1.82, 2.24) is 24.5 Å². The quantitative estimate of drug-likeness (QED) is 0.341. The Bertz CT molecular complexity index is 1370. The van der Waals surface area contributed by atoms with Crippen molar-refractivity contribution in [3.63, 3.8) is 0 Å². The lowest BCUT2D eigenvalue weighted by molar-refractivity contribution is 0.658. The normalized spacial score (nSPS) is 12.1. The second-order valence-corrected chi connectivity index (χ2v) is 7.71. The van der Waals surface area contributed by atoms with Gasteiger partial charge in [-0.3, -0.25) is 9.36 Å². The largest absolute Gasteiger partial charge is 0.384 e. The molecule has 3 heterocycles. The van der Waals surface area contributed by atoms with Crippen molar-refractivity contribution in [3.05, 3.63) is 62.8 Å². The van der Waals surface area contributed by atoms with Crippen LogP contribution in [0.15, 0.2) is 41.3 Å². The van der Waals surface area contributed by atoms with Crippen molar-refractivity contribution in [3.8, 4) is 5.69 Å². The van der Waals surface area contributed by atoms with Crippen molar-refractivity contribution >= 4 is 57.5 Å². The van der Waals surface area contributed by atoms with Crippen molar-refractivity contribution in [2.24, 2.45) is 0 Å². The van der Waals surface area contributed by atoms with Crippen LogP contribution in [0.4, 0.5) is 23.4 Å². The maximum atomic E-state index is 13.6. The van der Waals surface area contributed by atoms with Gasteiger partial charge in [0.1, 0.15) is 22.5 Å². The molecular weight excluding hydrogens is 453 g/mol. The van der Waals surface area contributed by atoms with Crippen LogP contribution < -0.4 is 28.1 Å². The molecule has 3 aromatic heterocycles. The predicted molar refractivity (Wildman–Crippen MR) is 127 cm³/mol. The van der Waals surface area contributed by atoms with Gasteiger partial charge in [-0.2, -0.15) is 9.97 Å². The number of pyridine rings is 1. The SMILES string of the molecule is CC[C@H](Nc1nc(N)nc(N)c1Cl)c1nc2cccc(Cl)c2c(=O)n1-c1ccc(N)nc1. The third-order valence-electron chi connectivity index (χ3n) is 4.83. The molecule has 4 rings (SSSR count). The third kappa shape index (κ3) is 3.85. The predicted octanol–water partition coefficient (Wildman–Crippen LogP) is 3.19. The average Bonchev–Trinajstić information content (AvgIpc) is 2.76. The van der Waals surface area contributed by atoms with Crippen LogP contribution in [0.3, 0.4) is 0 Å². The first-order chi connectivity index (χ1) is 15.3. The molecule has 0 amide bonds. The van der Waals surface area contributed by atoms with E-state index in [4.69, 9.17) is 45.4 Å². The number of fused-ring (bicyclic) bond motifs is 1. The van der Waals surface area contributed by atoms with E-state index in [0.29, 0.717) is 34.3 Å². The molecular formula is C20H19Cl2N9O. The van der Waals surface area contributed by atoms with Gasteiger partial charge in [-0.1, -0.05) is 36.2 Å². The Labute approximate surface area is 192 Å². The molecule has 7 N–H and O–H groups in total. The van der Waals surface area contributed by atoms with Gasteiger partial charge in [-0.15, -0.1) is 0 Å². The Balaban J connectivity index is 1.96. The van der Waals surface area contributed by atoms with E-state index in [2.05, 4.69) is 20.3 Å². The summed E-state index contributed by atoms with van der Waals surface area (Å²) in [7, 11) is 0. The average molecular weight is 472 g/mol. The van der Waals surface area contributed by atoms with E-state index < -0.39 is 6.04 Å². The summed E-state index contributed by atoms with van der Waals surface area (Å²) in [6.07, 6.45) is 2.01. The van der Waals surface area contributed by atoms with Gasteiger partial charge in [0, 0.05) is 0 Å².